The molecular formula is C39H45ClN8O6S. The van der Waals surface area contributed by atoms with Crippen LogP contribution in [0.25, 0.3) is 16.0 Å². The first-order valence-corrected chi connectivity index (χ1v) is 19.7. The smallest absolute Gasteiger partial charge is 0.329 e. The molecule has 2 aliphatic rings. The van der Waals surface area contributed by atoms with Crippen molar-refractivity contribution < 1.29 is 24.2 Å². The number of hydrogen-bond donors (Lipinski definition) is 3. The van der Waals surface area contributed by atoms with Crippen molar-refractivity contribution in [2.75, 3.05) is 33.0 Å². The first kappa shape index (κ1) is 38.6. The standard InChI is InChI=1S/C39H45ClN8O6S/c1-22-23(2)55-38-34(22)35(26-8-10-27(40)11-9-26)42-28(36-45-44-24(3)47(36)38)21-33(50)41-15-17-54-19-18-53-16-5-6-25-7-12-29-31(20-25)46(4)39(52)48(29)30-13-14-32(49)43-37(30)51/h7-12,20,28,30,32,49H,5-6,13-19,21H2,1-4H3,(H,41,50)(H,43,51)/t28-,30?,32?/m0/s1. The fourth-order valence-electron chi connectivity index (χ4n) is 7.23. The molecule has 16 heteroatoms. The van der Waals surface area contributed by atoms with Crippen LogP contribution in [0.2, 0.25) is 5.02 Å². The van der Waals surface area contributed by atoms with Gasteiger partial charge in [-0.25, -0.2) is 4.79 Å². The van der Waals surface area contributed by atoms with Gasteiger partial charge in [0.1, 0.15) is 29.1 Å². The molecule has 0 aliphatic carbocycles. The van der Waals surface area contributed by atoms with Gasteiger partial charge in [-0.15, -0.1) is 21.5 Å². The summed E-state index contributed by atoms with van der Waals surface area (Å²) >= 11 is 7.89. The van der Waals surface area contributed by atoms with Crippen molar-refractivity contribution in [3.05, 3.63) is 96.8 Å². The maximum absolute atomic E-state index is 13.2. The average Bonchev–Trinajstić information content (AvgIpc) is 3.73. The van der Waals surface area contributed by atoms with Crippen LogP contribution in [-0.2, 0) is 32.5 Å². The van der Waals surface area contributed by atoms with Gasteiger partial charge in [0.2, 0.25) is 11.8 Å². The number of benzene rings is 2. The number of nitrogens with zero attached hydrogens (tertiary/aromatic N) is 6. The molecule has 1 fully saturated rings. The Kier molecular flexibility index (Phi) is 11.6. The molecule has 0 spiro atoms. The summed E-state index contributed by atoms with van der Waals surface area (Å²) in [4.78, 5) is 45.1. The van der Waals surface area contributed by atoms with Gasteiger partial charge in [0.25, 0.3) is 0 Å². The maximum Gasteiger partial charge on any atom is 0.329 e. The van der Waals surface area contributed by atoms with Crippen LogP contribution in [0.3, 0.4) is 0 Å². The number of rotatable bonds is 14. The summed E-state index contributed by atoms with van der Waals surface area (Å²) < 4.78 is 16.6. The minimum Gasteiger partial charge on any atom is -0.379 e. The van der Waals surface area contributed by atoms with Crippen LogP contribution in [0.15, 0.2) is 52.3 Å². The zero-order valence-corrected chi connectivity index (χ0v) is 32.9. The van der Waals surface area contributed by atoms with Crippen LogP contribution in [0.5, 0.6) is 0 Å². The molecule has 0 radical (unpaired) electrons. The van der Waals surface area contributed by atoms with Crippen molar-refractivity contribution >= 4 is 51.5 Å². The van der Waals surface area contributed by atoms with E-state index in [0.717, 1.165) is 57.1 Å². The summed E-state index contributed by atoms with van der Waals surface area (Å²) in [6.07, 6.45) is 1.55. The Balaban J connectivity index is 0.861. The number of ether oxygens (including phenoxy) is 2. The van der Waals surface area contributed by atoms with Gasteiger partial charge in [-0.05, 0) is 81.8 Å². The van der Waals surface area contributed by atoms with Gasteiger partial charge in [0, 0.05) is 41.2 Å². The van der Waals surface area contributed by atoms with E-state index in [0.29, 0.717) is 62.2 Å². The number of aryl methyl sites for hydroxylation is 4. The summed E-state index contributed by atoms with van der Waals surface area (Å²) in [5.74, 6) is 0.856. The molecule has 3 atom stereocenters. The van der Waals surface area contributed by atoms with Gasteiger partial charge in [-0.3, -0.25) is 28.3 Å². The van der Waals surface area contributed by atoms with E-state index in [1.54, 1.807) is 23.0 Å². The maximum atomic E-state index is 13.2. The molecule has 14 nitrogen and oxygen atoms in total. The monoisotopic (exact) mass is 788 g/mol. The molecule has 2 amide bonds. The topological polar surface area (TPSA) is 167 Å². The van der Waals surface area contributed by atoms with Gasteiger partial charge < -0.3 is 25.2 Å². The third-order valence-corrected chi connectivity index (χ3v) is 11.7. The van der Waals surface area contributed by atoms with Crippen LogP contribution in [0.4, 0.5) is 0 Å². The molecule has 55 heavy (non-hydrogen) atoms. The Labute approximate surface area is 327 Å². The van der Waals surface area contributed by atoms with Crippen LogP contribution in [0.1, 0.15) is 76.5 Å². The number of carbonyl (C=O) groups excluding carboxylic acids is 2. The van der Waals surface area contributed by atoms with E-state index in [4.69, 9.17) is 26.1 Å². The number of aromatic nitrogens is 5. The van der Waals surface area contributed by atoms with E-state index in [2.05, 4.69) is 34.7 Å². The molecule has 5 heterocycles. The van der Waals surface area contributed by atoms with Crippen molar-refractivity contribution in [3.63, 3.8) is 0 Å². The predicted octanol–water partition coefficient (Wildman–Crippen LogP) is 4.39. The number of hydrogen-bond acceptors (Lipinski definition) is 10. The van der Waals surface area contributed by atoms with Crippen LogP contribution >= 0.6 is 22.9 Å². The summed E-state index contributed by atoms with van der Waals surface area (Å²) in [6.45, 7) is 8.14. The van der Waals surface area contributed by atoms with Crippen molar-refractivity contribution in [1.29, 1.82) is 0 Å². The highest BCUT2D eigenvalue weighted by atomic mass is 35.5. The fourth-order valence-corrected chi connectivity index (χ4v) is 8.57. The normalized spacial score (nSPS) is 18.1. The molecule has 7 rings (SSSR count). The molecule has 1 saturated heterocycles. The van der Waals surface area contributed by atoms with Gasteiger partial charge >= 0.3 is 5.69 Å². The average molecular weight is 789 g/mol. The second kappa shape index (κ2) is 16.6. The van der Waals surface area contributed by atoms with Crippen molar-refractivity contribution in [2.45, 2.75) is 71.2 Å². The fraction of sp³-hybridized carbons (Fsp3) is 0.436. The lowest BCUT2D eigenvalue weighted by atomic mass is 9.99. The number of aliphatic hydroxyl groups is 1. The number of fused-ring (bicyclic) bond motifs is 4. The van der Waals surface area contributed by atoms with Gasteiger partial charge in [0.05, 0.1) is 43.0 Å². The Morgan fingerprint density at radius 3 is 2.55 bits per heavy atom. The van der Waals surface area contributed by atoms with Gasteiger partial charge in [-0.1, -0.05) is 29.8 Å². The van der Waals surface area contributed by atoms with Crippen molar-refractivity contribution in [1.82, 2.24) is 34.5 Å². The second-order valence-corrected chi connectivity index (χ2v) is 15.6. The summed E-state index contributed by atoms with van der Waals surface area (Å²) in [6, 6.07) is 12.2. The lowest BCUT2D eigenvalue weighted by Crippen LogP contribution is -2.46. The molecule has 2 aliphatic heterocycles. The molecule has 5 aromatic rings. The SMILES string of the molecule is Cc1sc2c(c1C)C(c1ccc(Cl)cc1)=N[C@@H](CC(=O)NCCOCCOCCCc1ccc3c(c1)n(C)c(=O)n3C1CCC(O)NC1=O)c1nnc(C)n1-2. The molecule has 2 aromatic carbocycles. The van der Waals surface area contributed by atoms with E-state index >= 15 is 0 Å². The summed E-state index contributed by atoms with van der Waals surface area (Å²) in [5, 5.41) is 25.7. The number of thiophene rings is 1. The number of aliphatic hydroxyl groups excluding tert-OH is 1. The number of halogens is 1. The number of amides is 2. The van der Waals surface area contributed by atoms with Gasteiger partial charge in [0.15, 0.2) is 5.82 Å². The Hall–Kier alpha value is -4.67. The highest BCUT2D eigenvalue weighted by molar-refractivity contribution is 7.15. The summed E-state index contributed by atoms with van der Waals surface area (Å²) in [7, 11) is 1.70. The number of carbonyl (C=O) groups is 2. The molecule has 3 aromatic heterocycles. The number of piperidine rings is 1. The highest BCUT2D eigenvalue weighted by Crippen LogP contribution is 2.39. The lowest BCUT2D eigenvalue weighted by molar-refractivity contribution is -0.130. The van der Waals surface area contributed by atoms with E-state index in [9.17, 15) is 19.5 Å². The van der Waals surface area contributed by atoms with E-state index in [1.807, 2.05) is 54.0 Å². The third-order valence-electron chi connectivity index (χ3n) is 10.2. The molecule has 0 bridgehead atoms. The zero-order valence-electron chi connectivity index (χ0n) is 31.3. The van der Waals surface area contributed by atoms with Crippen molar-refractivity contribution in [2.24, 2.45) is 12.0 Å². The largest absolute Gasteiger partial charge is 0.379 e. The second-order valence-electron chi connectivity index (χ2n) is 13.9. The first-order chi connectivity index (χ1) is 26.5. The quantitative estimate of drug-likeness (QED) is 0.139. The molecule has 3 N–H and O–H groups in total. The number of nitrogens with one attached hydrogen (secondary N) is 2. The number of imidazole rings is 1. The Morgan fingerprint density at radius 2 is 1.78 bits per heavy atom. The van der Waals surface area contributed by atoms with Crippen molar-refractivity contribution in [3.8, 4) is 5.00 Å². The van der Waals surface area contributed by atoms with E-state index < -0.39 is 18.3 Å². The Morgan fingerprint density at radius 1 is 1.02 bits per heavy atom. The molecule has 2 unspecified atom stereocenters. The molecule has 0 saturated carbocycles. The lowest BCUT2D eigenvalue weighted by Gasteiger charge is -2.26. The van der Waals surface area contributed by atoms with E-state index in [-0.39, 0.29) is 23.9 Å². The minimum absolute atomic E-state index is 0.100. The molecular weight excluding hydrogens is 744 g/mol. The van der Waals surface area contributed by atoms with Gasteiger partial charge in [-0.2, -0.15) is 0 Å². The highest BCUT2D eigenvalue weighted by Gasteiger charge is 2.33. The first-order valence-electron chi connectivity index (χ1n) is 18.5. The van der Waals surface area contributed by atoms with E-state index in [1.165, 1.54) is 9.44 Å². The van der Waals surface area contributed by atoms with Crippen LogP contribution < -0.4 is 16.3 Å². The van der Waals surface area contributed by atoms with Crippen LogP contribution in [0, 0.1) is 20.8 Å². The zero-order chi connectivity index (χ0) is 38.8. The predicted molar refractivity (Wildman–Crippen MR) is 210 cm³/mol. The third kappa shape index (κ3) is 8.03. The summed E-state index contributed by atoms with van der Waals surface area (Å²) in [5.41, 5.74) is 6.13. The Bertz CT molecular complexity index is 2310. The minimum atomic E-state index is -0.877. The van der Waals surface area contributed by atoms with Crippen LogP contribution in [-0.4, -0.2) is 85.7 Å². The molecule has 290 valence electrons. The number of aliphatic imine (C=N–C) groups is 1.